The molecule has 0 radical (unpaired) electrons. The monoisotopic (exact) mass is 528 g/mol. The first kappa shape index (κ1) is 29.9. The zero-order chi connectivity index (χ0) is 26.0. The summed E-state index contributed by atoms with van der Waals surface area (Å²) >= 11 is 1.54. The Labute approximate surface area is 231 Å². The minimum Gasteiger partial charge on any atom is -0.494 e. The van der Waals surface area contributed by atoms with E-state index in [9.17, 15) is 0 Å². The maximum absolute atomic E-state index is 5.94. The predicted octanol–water partition coefficient (Wildman–Crippen LogP) is 10.3. The summed E-state index contributed by atoms with van der Waals surface area (Å²) < 4.78 is 11.9. The SMILES string of the molecule is CCCCCCCCCCOc1ccc(-c2nnc(OCCC[C@H]3CC[C@H](CCCCC)CC3)s2)cc1. The molecule has 2 aromatic rings. The standard InChI is InChI=1S/C32H52N2O2S/c1-3-5-7-8-9-10-11-13-25-35-30-23-21-29(22-24-30)31-33-34-32(37-31)36-26-14-16-28-19-17-27(18-20-28)15-12-6-4-2/h21-24,27-28H,3-20,25-26H2,1-2H3/t27-,28-. The highest BCUT2D eigenvalue weighted by molar-refractivity contribution is 7.16. The molecule has 1 heterocycles. The Bertz CT molecular complexity index is 814. The fourth-order valence-corrected chi connectivity index (χ4v) is 6.25. The molecular weight excluding hydrogens is 476 g/mol. The summed E-state index contributed by atoms with van der Waals surface area (Å²) in [5.41, 5.74) is 1.07. The summed E-state index contributed by atoms with van der Waals surface area (Å²) in [6.45, 7) is 6.11. The van der Waals surface area contributed by atoms with Crippen LogP contribution in [0.2, 0.25) is 0 Å². The fourth-order valence-electron chi connectivity index (χ4n) is 5.53. The van der Waals surface area contributed by atoms with Gasteiger partial charge in [-0.15, -0.1) is 5.10 Å². The molecule has 0 saturated heterocycles. The second-order valence-electron chi connectivity index (χ2n) is 11.1. The van der Waals surface area contributed by atoms with E-state index in [2.05, 4.69) is 36.2 Å². The third-order valence-electron chi connectivity index (χ3n) is 7.94. The molecule has 1 aliphatic carbocycles. The first-order valence-electron chi connectivity index (χ1n) is 15.5. The number of unbranched alkanes of at least 4 members (excludes halogenated alkanes) is 9. The summed E-state index contributed by atoms with van der Waals surface area (Å²) in [7, 11) is 0. The average Bonchev–Trinajstić information content (AvgIpc) is 3.40. The first-order valence-corrected chi connectivity index (χ1v) is 16.3. The number of hydrogen-bond acceptors (Lipinski definition) is 5. The van der Waals surface area contributed by atoms with Crippen molar-refractivity contribution in [3.05, 3.63) is 24.3 Å². The van der Waals surface area contributed by atoms with E-state index in [1.165, 1.54) is 114 Å². The van der Waals surface area contributed by atoms with Gasteiger partial charge in [-0.25, -0.2) is 0 Å². The Morgan fingerprint density at radius 3 is 1.89 bits per heavy atom. The van der Waals surface area contributed by atoms with Crippen LogP contribution in [0.4, 0.5) is 0 Å². The molecule has 0 spiro atoms. The van der Waals surface area contributed by atoms with E-state index in [1.54, 1.807) is 0 Å². The molecule has 1 aromatic carbocycles. The number of ether oxygens (including phenoxy) is 2. The summed E-state index contributed by atoms with van der Waals surface area (Å²) in [6.07, 6.45) is 24.3. The van der Waals surface area contributed by atoms with Crippen LogP contribution in [0.5, 0.6) is 10.9 Å². The van der Waals surface area contributed by atoms with Gasteiger partial charge in [0.2, 0.25) is 0 Å². The Kier molecular flexibility index (Phi) is 15.0. The van der Waals surface area contributed by atoms with Gasteiger partial charge < -0.3 is 9.47 Å². The van der Waals surface area contributed by atoms with Gasteiger partial charge in [0.15, 0.2) is 5.01 Å². The van der Waals surface area contributed by atoms with E-state index in [-0.39, 0.29) is 0 Å². The largest absolute Gasteiger partial charge is 0.494 e. The third-order valence-corrected chi connectivity index (χ3v) is 8.82. The molecule has 0 amide bonds. The molecule has 1 saturated carbocycles. The normalized spacial score (nSPS) is 17.7. The molecule has 208 valence electrons. The van der Waals surface area contributed by atoms with Crippen LogP contribution in [-0.4, -0.2) is 23.4 Å². The van der Waals surface area contributed by atoms with Crippen LogP contribution in [0.1, 0.15) is 129 Å². The molecule has 5 heteroatoms. The zero-order valence-corrected chi connectivity index (χ0v) is 24.5. The lowest BCUT2D eigenvalue weighted by Crippen LogP contribution is -2.15. The molecule has 3 rings (SSSR count). The van der Waals surface area contributed by atoms with Crippen LogP contribution in [0, 0.1) is 11.8 Å². The number of aromatic nitrogens is 2. The Morgan fingerprint density at radius 1 is 0.649 bits per heavy atom. The highest BCUT2D eigenvalue weighted by atomic mass is 32.1. The van der Waals surface area contributed by atoms with Gasteiger partial charge in [0.05, 0.1) is 13.2 Å². The third kappa shape index (κ3) is 12.2. The Hall–Kier alpha value is -1.62. The number of rotatable bonds is 20. The molecule has 1 aromatic heterocycles. The maximum atomic E-state index is 5.94. The van der Waals surface area contributed by atoms with E-state index in [0.717, 1.165) is 54.2 Å². The molecule has 1 fully saturated rings. The van der Waals surface area contributed by atoms with Crippen molar-refractivity contribution in [3.63, 3.8) is 0 Å². The van der Waals surface area contributed by atoms with Crippen molar-refractivity contribution in [1.29, 1.82) is 0 Å². The molecule has 0 aliphatic heterocycles. The van der Waals surface area contributed by atoms with E-state index < -0.39 is 0 Å². The Morgan fingerprint density at radius 2 is 1.22 bits per heavy atom. The quantitative estimate of drug-likeness (QED) is 0.160. The van der Waals surface area contributed by atoms with Crippen molar-refractivity contribution in [2.24, 2.45) is 11.8 Å². The highest BCUT2D eigenvalue weighted by Gasteiger charge is 2.20. The number of nitrogens with zero attached hydrogens (tertiary/aromatic N) is 2. The van der Waals surface area contributed by atoms with Crippen molar-refractivity contribution in [2.75, 3.05) is 13.2 Å². The summed E-state index contributed by atoms with van der Waals surface area (Å²) in [5, 5.41) is 10.2. The van der Waals surface area contributed by atoms with Crippen LogP contribution >= 0.6 is 11.3 Å². The smallest absolute Gasteiger partial charge is 0.294 e. The van der Waals surface area contributed by atoms with Gasteiger partial charge >= 0.3 is 0 Å². The lowest BCUT2D eigenvalue weighted by molar-refractivity contribution is 0.227. The van der Waals surface area contributed by atoms with Crippen LogP contribution < -0.4 is 9.47 Å². The van der Waals surface area contributed by atoms with Gasteiger partial charge in [0.25, 0.3) is 5.19 Å². The van der Waals surface area contributed by atoms with Crippen LogP contribution in [-0.2, 0) is 0 Å². The summed E-state index contributed by atoms with van der Waals surface area (Å²) in [6, 6.07) is 8.24. The van der Waals surface area contributed by atoms with Gasteiger partial charge in [-0.1, -0.05) is 127 Å². The lowest BCUT2D eigenvalue weighted by Gasteiger charge is -2.28. The fraction of sp³-hybridized carbons (Fsp3) is 0.750. The summed E-state index contributed by atoms with van der Waals surface area (Å²) in [4.78, 5) is 0. The highest BCUT2D eigenvalue weighted by Crippen LogP contribution is 2.34. The molecule has 37 heavy (non-hydrogen) atoms. The van der Waals surface area contributed by atoms with Crippen molar-refractivity contribution < 1.29 is 9.47 Å². The molecule has 1 aliphatic rings. The Balaban J connectivity index is 1.25. The second-order valence-corrected chi connectivity index (χ2v) is 12.0. The first-order chi connectivity index (χ1) is 18.3. The van der Waals surface area contributed by atoms with Gasteiger partial charge in [0.1, 0.15) is 5.75 Å². The van der Waals surface area contributed by atoms with Crippen LogP contribution in [0.3, 0.4) is 0 Å². The van der Waals surface area contributed by atoms with Crippen LogP contribution in [0.25, 0.3) is 10.6 Å². The maximum Gasteiger partial charge on any atom is 0.294 e. The van der Waals surface area contributed by atoms with E-state index in [1.807, 2.05) is 12.1 Å². The minimum absolute atomic E-state index is 0.685. The van der Waals surface area contributed by atoms with Gasteiger partial charge in [-0.3, -0.25) is 0 Å². The zero-order valence-electron chi connectivity index (χ0n) is 23.7. The van der Waals surface area contributed by atoms with Gasteiger partial charge in [-0.05, 0) is 55.4 Å². The van der Waals surface area contributed by atoms with E-state index in [4.69, 9.17) is 9.47 Å². The minimum atomic E-state index is 0.685. The molecule has 4 nitrogen and oxygen atoms in total. The van der Waals surface area contributed by atoms with Crippen molar-refractivity contribution >= 4 is 11.3 Å². The van der Waals surface area contributed by atoms with Gasteiger partial charge in [-0.2, -0.15) is 0 Å². The predicted molar refractivity (Wildman–Crippen MR) is 158 cm³/mol. The van der Waals surface area contributed by atoms with Crippen molar-refractivity contribution in [3.8, 4) is 21.5 Å². The molecule has 0 atom stereocenters. The molecular formula is C32H52N2O2S. The van der Waals surface area contributed by atoms with Gasteiger partial charge in [0, 0.05) is 5.56 Å². The number of benzene rings is 1. The number of hydrogen-bond donors (Lipinski definition) is 0. The second kappa shape index (κ2) is 18.6. The average molecular weight is 529 g/mol. The lowest BCUT2D eigenvalue weighted by atomic mass is 9.78. The van der Waals surface area contributed by atoms with Crippen molar-refractivity contribution in [1.82, 2.24) is 10.2 Å². The summed E-state index contributed by atoms with van der Waals surface area (Å²) in [5.74, 6) is 2.82. The van der Waals surface area contributed by atoms with Crippen LogP contribution in [0.15, 0.2) is 24.3 Å². The topological polar surface area (TPSA) is 44.2 Å². The molecule has 0 bridgehead atoms. The molecule has 0 N–H and O–H groups in total. The van der Waals surface area contributed by atoms with E-state index in [0.29, 0.717) is 5.19 Å². The molecule has 0 unspecified atom stereocenters. The van der Waals surface area contributed by atoms with E-state index >= 15 is 0 Å². The van der Waals surface area contributed by atoms with Crippen molar-refractivity contribution in [2.45, 2.75) is 129 Å².